The van der Waals surface area contributed by atoms with E-state index in [1.165, 1.54) is 0 Å². The third-order valence-corrected chi connectivity index (χ3v) is 3.50. The summed E-state index contributed by atoms with van der Waals surface area (Å²) in [6, 6.07) is 5.71. The van der Waals surface area contributed by atoms with E-state index in [4.69, 9.17) is 16.3 Å². The molecule has 1 aromatic carbocycles. The van der Waals surface area contributed by atoms with Crippen LogP contribution in [0.15, 0.2) is 24.4 Å². The van der Waals surface area contributed by atoms with Crippen LogP contribution in [0, 0.1) is 6.92 Å². The van der Waals surface area contributed by atoms with Crippen molar-refractivity contribution in [3.63, 3.8) is 0 Å². The van der Waals surface area contributed by atoms with Crippen molar-refractivity contribution in [1.82, 2.24) is 9.78 Å². The van der Waals surface area contributed by atoms with Gasteiger partial charge in [0.15, 0.2) is 0 Å². The zero-order chi connectivity index (χ0) is 14.0. The Morgan fingerprint density at radius 2 is 2.16 bits per heavy atom. The maximum Gasteiger partial charge on any atom is 0.124 e. The second kappa shape index (κ2) is 5.53. The summed E-state index contributed by atoms with van der Waals surface area (Å²) in [5.74, 6) is 0.825. The van der Waals surface area contributed by atoms with E-state index in [-0.39, 0.29) is 6.04 Å². The Kier molecular flexibility index (Phi) is 4.00. The van der Waals surface area contributed by atoms with Crippen LogP contribution >= 0.6 is 11.6 Å². The van der Waals surface area contributed by atoms with Crippen molar-refractivity contribution in [2.75, 3.05) is 12.4 Å². The fraction of sp³-hybridized carbons (Fsp3) is 0.357. The number of anilines is 1. The first kappa shape index (κ1) is 13.7. The highest BCUT2D eigenvalue weighted by Gasteiger charge is 2.14. The average molecular weight is 280 g/mol. The lowest BCUT2D eigenvalue weighted by Gasteiger charge is -2.18. The molecule has 0 bridgehead atoms. The minimum Gasteiger partial charge on any atom is -0.496 e. The van der Waals surface area contributed by atoms with Crippen LogP contribution in [0.25, 0.3) is 0 Å². The zero-order valence-electron chi connectivity index (χ0n) is 11.6. The summed E-state index contributed by atoms with van der Waals surface area (Å²) in [6.45, 7) is 4.10. The zero-order valence-corrected chi connectivity index (χ0v) is 12.3. The fourth-order valence-corrected chi connectivity index (χ4v) is 2.18. The molecule has 2 rings (SSSR count). The fourth-order valence-electron chi connectivity index (χ4n) is 1.99. The van der Waals surface area contributed by atoms with Gasteiger partial charge in [0, 0.05) is 17.6 Å². The Morgan fingerprint density at radius 1 is 1.42 bits per heavy atom. The minimum absolute atomic E-state index is 0.0801. The number of aromatic nitrogens is 2. The minimum atomic E-state index is 0.0801. The number of rotatable bonds is 4. The highest BCUT2D eigenvalue weighted by atomic mass is 35.5. The summed E-state index contributed by atoms with van der Waals surface area (Å²) < 4.78 is 7.21. The van der Waals surface area contributed by atoms with Gasteiger partial charge in [-0.3, -0.25) is 4.68 Å². The van der Waals surface area contributed by atoms with Gasteiger partial charge < -0.3 is 10.1 Å². The molecule has 0 saturated carbocycles. The van der Waals surface area contributed by atoms with Crippen LogP contribution < -0.4 is 10.1 Å². The molecule has 0 radical (unpaired) electrons. The molecule has 4 nitrogen and oxygen atoms in total. The van der Waals surface area contributed by atoms with Gasteiger partial charge in [0.05, 0.1) is 30.7 Å². The highest BCUT2D eigenvalue weighted by molar-refractivity contribution is 6.30. The van der Waals surface area contributed by atoms with Crippen LogP contribution in [0.2, 0.25) is 5.02 Å². The van der Waals surface area contributed by atoms with Crippen LogP contribution in [0.3, 0.4) is 0 Å². The van der Waals surface area contributed by atoms with Crippen molar-refractivity contribution in [2.45, 2.75) is 19.9 Å². The van der Waals surface area contributed by atoms with E-state index in [0.29, 0.717) is 5.02 Å². The van der Waals surface area contributed by atoms with Gasteiger partial charge >= 0.3 is 0 Å². The van der Waals surface area contributed by atoms with Gasteiger partial charge in [0.25, 0.3) is 0 Å². The van der Waals surface area contributed by atoms with Crippen molar-refractivity contribution < 1.29 is 4.74 Å². The maximum atomic E-state index is 6.06. The molecule has 0 fully saturated rings. The molecule has 0 saturated heterocycles. The van der Waals surface area contributed by atoms with E-state index >= 15 is 0 Å². The Balaban J connectivity index is 2.27. The molecule has 1 aromatic heterocycles. The Hall–Kier alpha value is -1.68. The maximum absolute atomic E-state index is 6.06. The van der Waals surface area contributed by atoms with E-state index in [9.17, 15) is 0 Å². The van der Waals surface area contributed by atoms with Crippen LogP contribution in [-0.4, -0.2) is 16.9 Å². The number of hydrogen-bond acceptors (Lipinski definition) is 3. The van der Waals surface area contributed by atoms with Crippen LogP contribution in [0.5, 0.6) is 5.75 Å². The third-order valence-electron chi connectivity index (χ3n) is 3.27. The van der Waals surface area contributed by atoms with Crippen LogP contribution in [-0.2, 0) is 7.05 Å². The molecule has 2 aromatic rings. The molecule has 1 heterocycles. The number of nitrogens with zero attached hydrogens (tertiary/aromatic N) is 2. The molecular formula is C14H18ClN3O. The van der Waals surface area contributed by atoms with Gasteiger partial charge in [0.2, 0.25) is 0 Å². The Bertz CT molecular complexity index is 580. The topological polar surface area (TPSA) is 39.1 Å². The van der Waals surface area contributed by atoms with Crippen LogP contribution in [0.1, 0.15) is 24.2 Å². The molecule has 1 atom stereocenters. The SMILES string of the molecule is COc1ccc(Cl)cc1[C@@H](C)Nc1cnn(C)c1C. The van der Waals surface area contributed by atoms with Crippen molar-refractivity contribution in [2.24, 2.45) is 7.05 Å². The van der Waals surface area contributed by atoms with Gasteiger partial charge in [0.1, 0.15) is 5.75 Å². The lowest BCUT2D eigenvalue weighted by molar-refractivity contribution is 0.408. The summed E-state index contributed by atoms with van der Waals surface area (Å²) in [5, 5.41) is 8.35. The monoisotopic (exact) mass is 279 g/mol. The van der Waals surface area contributed by atoms with E-state index in [1.54, 1.807) is 7.11 Å². The molecule has 0 aliphatic carbocycles. The standard InChI is InChI=1S/C14H18ClN3O/c1-9(17-13-8-16-18(3)10(13)2)12-7-11(15)5-6-14(12)19-4/h5-9,17H,1-4H3/t9-/m1/s1. The first-order valence-corrected chi connectivity index (χ1v) is 6.49. The quantitative estimate of drug-likeness (QED) is 0.930. The molecule has 0 aliphatic rings. The van der Waals surface area contributed by atoms with Crippen molar-refractivity contribution in [3.05, 3.63) is 40.7 Å². The summed E-state index contributed by atoms with van der Waals surface area (Å²) in [7, 11) is 3.58. The van der Waals surface area contributed by atoms with Gasteiger partial charge in [-0.05, 0) is 32.0 Å². The summed E-state index contributed by atoms with van der Waals surface area (Å²) in [6.07, 6.45) is 1.82. The predicted octanol–water partition coefficient (Wildman–Crippen LogP) is 3.56. The largest absolute Gasteiger partial charge is 0.496 e. The Morgan fingerprint density at radius 3 is 2.74 bits per heavy atom. The number of benzene rings is 1. The lowest BCUT2D eigenvalue weighted by Crippen LogP contribution is -2.09. The second-order valence-corrected chi connectivity index (χ2v) is 4.96. The Labute approximate surface area is 118 Å². The molecule has 0 spiro atoms. The summed E-state index contributed by atoms with van der Waals surface area (Å²) in [4.78, 5) is 0. The molecule has 102 valence electrons. The van der Waals surface area contributed by atoms with E-state index in [0.717, 1.165) is 22.7 Å². The average Bonchev–Trinajstić information content (AvgIpc) is 2.70. The van der Waals surface area contributed by atoms with E-state index in [2.05, 4.69) is 17.3 Å². The van der Waals surface area contributed by atoms with Gasteiger partial charge in [-0.15, -0.1) is 0 Å². The number of ether oxygens (including phenoxy) is 1. The number of nitrogens with one attached hydrogen (secondary N) is 1. The second-order valence-electron chi connectivity index (χ2n) is 4.52. The third kappa shape index (κ3) is 2.84. The number of halogens is 1. The molecule has 1 N–H and O–H groups in total. The van der Waals surface area contributed by atoms with Gasteiger partial charge in [-0.1, -0.05) is 11.6 Å². The van der Waals surface area contributed by atoms with Gasteiger partial charge in [-0.2, -0.15) is 5.10 Å². The normalized spacial score (nSPS) is 12.3. The van der Waals surface area contributed by atoms with Crippen LogP contribution in [0.4, 0.5) is 5.69 Å². The summed E-state index contributed by atoms with van der Waals surface area (Å²) in [5.41, 5.74) is 3.13. The molecule has 0 aliphatic heterocycles. The first-order chi connectivity index (χ1) is 9.02. The number of methoxy groups -OCH3 is 1. The van der Waals surface area contributed by atoms with Crippen molar-refractivity contribution >= 4 is 17.3 Å². The first-order valence-electron chi connectivity index (χ1n) is 6.11. The van der Waals surface area contributed by atoms with Gasteiger partial charge in [-0.25, -0.2) is 0 Å². The molecule has 5 heteroatoms. The molecule has 0 unspecified atom stereocenters. The summed E-state index contributed by atoms with van der Waals surface area (Å²) >= 11 is 6.06. The lowest BCUT2D eigenvalue weighted by atomic mass is 10.1. The molecular weight excluding hydrogens is 262 g/mol. The molecule has 19 heavy (non-hydrogen) atoms. The highest BCUT2D eigenvalue weighted by Crippen LogP contribution is 2.30. The number of aryl methyl sites for hydroxylation is 1. The van der Waals surface area contributed by atoms with E-state index < -0.39 is 0 Å². The predicted molar refractivity (Wildman–Crippen MR) is 78.0 cm³/mol. The number of hydrogen-bond donors (Lipinski definition) is 1. The smallest absolute Gasteiger partial charge is 0.124 e. The van der Waals surface area contributed by atoms with E-state index in [1.807, 2.05) is 43.0 Å². The van der Waals surface area contributed by atoms with Crippen molar-refractivity contribution in [3.8, 4) is 5.75 Å². The molecule has 0 amide bonds. The van der Waals surface area contributed by atoms with Crippen molar-refractivity contribution in [1.29, 1.82) is 0 Å².